The molecule has 5 rings (SSSR count). The molecular weight excluding hydrogens is 350 g/mol. The Kier molecular flexibility index (Phi) is 4.06. The molecule has 0 aliphatic rings. The molecule has 4 aromatic carbocycles. The van der Waals surface area contributed by atoms with Crippen molar-refractivity contribution < 1.29 is 0 Å². The number of aromatic nitrogens is 1. The largest absolute Gasteiger partial charge is 0.312 e. The lowest BCUT2D eigenvalue weighted by atomic mass is 9.91. The molecule has 142 valence electrons. The first-order valence-electron chi connectivity index (χ1n) is 10.2. The first-order valence-corrected chi connectivity index (χ1v) is 10.2. The van der Waals surface area contributed by atoms with E-state index in [1.165, 1.54) is 44.2 Å². The molecule has 1 nitrogen and oxygen atoms in total. The van der Waals surface area contributed by atoms with Crippen LogP contribution in [-0.4, -0.2) is 4.57 Å². The lowest BCUT2D eigenvalue weighted by molar-refractivity contribution is 0.560. The Morgan fingerprint density at radius 3 is 2.00 bits per heavy atom. The van der Waals surface area contributed by atoms with Crippen LogP contribution < -0.4 is 0 Å². The zero-order valence-corrected chi connectivity index (χ0v) is 17.2. The summed E-state index contributed by atoms with van der Waals surface area (Å²) in [5.41, 5.74) is 6.35. The quantitative estimate of drug-likeness (QED) is 0.297. The second-order valence-electron chi connectivity index (χ2n) is 8.76. The molecule has 29 heavy (non-hydrogen) atoms. The van der Waals surface area contributed by atoms with Gasteiger partial charge in [0.25, 0.3) is 0 Å². The fourth-order valence-corrected chi connectivity index (χ4v) is 4.24. The van der Waals surface area contributed by atoms with Gasteiger partial charge in [0, 0.05) is 21.9 Å². The van der Waals surface area contributed by atoms with E-state index in [4.69, 9.17) is 0 Å². The number of rotatable bonds is 2. The molecule has 5 aromatic rings. The van der Waals surface area contributed by atoms with Gasteiger partial charge in [0.1, 0.15) is 0 Å². The highest BCUT2D eigenvalue weighted by molar-refractivity contribution is 5.97. The van der Waals surface area contributed by atoms with Crippen LogP contribution in [0.3, 0.4) is 0 Å². The minimum atomic E-state index is 0.0306. The molecule has 0 aliphatic heterocycles. The molecule has 0 bridgehead atoms. The lowest BCUT2D eigenvalue weighted by Crippen LogP contribution is -2.16. The van der Waals surface area contributed by atoms with Gasteiger partial charge in [0.15, 0.2) is 0 Å². The number of hydrogen-bond donors (Lipinski definition) is 0. The van der Waals surface area contributed by atoms with Crippen LogP contribution in [0.5, 0.6) is 0 Å². The fourth-order valence-electron chi connectivity index (χ4n) is 4.24. The van der Waals surface area contributed by atoms with Crippen LogP contribution in [0.2, 0.25) is 0 Å². The van der Waals surface area contributed by atoms with Crippen LogP contribution in [0.15, 0.2) is 97.1 Å². The summed E-state index contributed by atoms with van der Waals surface area (Å²) in [6.07, 6.45) is 0. The summed E-state index contributed by atoms with van der Waals surface area (Å²) < 4.78 is 2.46. The molecule has 0 amide bonds. The highest BCUT2D eigenvalue weighted by Crippen LogP contribution is 2.37. The first kappa shape index (κ1) is 17.8. The van der Waals surface area contributed by atoms with Crippen LogP contribution in [-0.2, 0) is 5.41 Å². The van der Waals surface area contributed by atoms with E-state index < -0.39 is 0 Å². The summed E-state index contributed by atoms with van der Waals surface area (Å²) in [7, 11) is 0. The molecule has 0 saturated heterocycles. The van der Waals surface area contributed by atoms with E-state index in [2.05, 4.69) is 122 Å². The van der Waals surface area contributed by atoms with Crippen LogP contribution in [0, 0.1) is 0 Å². The second kappa shape index (κ2) is 6.63. The normalized spacial score (nSPS) is 12.0. The maximum Gasteiger partial charge on any atom is 0.0543 e. The smallest absolute Gasteiger partial charge is 0.0543 e. The summed E-state index contributed by atoms with van der Waals surface area (Å²) in [5.74, 6) is 0. The Balaban J connectivity index is 1.91. The van der Waals surface area contributed by atoms with Gasteiger partial charge < -0.3 is 4.57 Å². The fraction of sp³-hybridized carbons (Fsp3) is 0.143. The predicted molar refractivity (Wildman–Crippen MR) is 125 cm³/mol. The maximum absolute atomic E-state index is 2.46. The van der Waals surface area contributed by atoms with E-state index in [1.54, 1.807) is 0 Å². The zero-order chi connectivity index (χ0) is 20.0. The Morgan fingerprint density at radius 1 is 0.586 bits per heavy atom. The molecule has 0 atom stereocenters. The van der Waals surface area contributed by atoms with Crippen molar-refractivity contribution >= 4 is 21.7 Å². The van der Waals surface area contributed by atoms with Gasteiger partial charge in [0.05, 0.1) is 11.2 Å². The topological polar surface area (TPSA) is 4.93 Å². The van der Waals surface area contributed by atoms with E-state index in [0.717, 1.165) is 0 Å². The van der Waals surface area contributed by atoms with Crippen LogP contribution >= 0.6 is 0 Å². The summed E-state index contributed by atoms with van der Waals surface area (Å²) in [4.78, 5) is 0. The van der Waals surface area contributed by atoms with Gasteiger partial charge >= 0.3 is 0 Å². The molecular formula is C28H25N. The van der Waals surface area contributed by atoms with Gasteiger partial charge in [-0.15, -0.1) is 0 Å². The predicted octanol–water partition coefficient (Wildman–Crippen LogP) is 7.75. The SMILES string of the molecule is CC(C)(C)c1cc2ccccc2n1-c1cc(-c2ccccc2)cc2ccccc12. The minimum Gasteiger partial charge on any atom is -0.312 e. The van der Waals surface area contributed by atoms with Crippen molar-refractivity contribution in [2.75, 3.05) is 0 Å². The van der Waals surface area contributed by atoms with E-state index in [-0.39, 0.29) is 5.41 Å². The third-order valence-electron chi connectivity index (χ3n) is 5.67. The van der Waals surface area contributed by atoms with Crippen molar-refractivity contribution in [2.45, 2.75) is 26.2 Å². The molecule has 1 heteroatoms. The van der Waals surface area contributed by atoms with Gasteiger partial charge in [-0.3, -0.25) is 0 Å². The van der Waals surface area contributed by atoms with E-state index in [0.29, 0.717) is 0 Å². The molecule has 1 aromatic heterocycles. The van der Waals surface area contributed by atoms with Crippen molar-refractivity contribution in [2.24, 2.45) is 0 Å². The number of nitrogens with zero attached hydrogens (tertiary/aromatic N) is 1. The molecule has 0 N–H and O–H groups in total. The lowest BCUT2D eigenvalue weighted by Gasteiger charge is -2.24. The minimum absolute atomic E-state index is 0.0306. The van der Waals surface area contributed by atoms with Gasteiger partial charge in [-0.05, 0) is 40.8 Å². The van der Waals surface area contributed by atoms with Crippen molar-refractivity contribution in [1.82, 2.24) is 4.57 Å². The van der Waals surface area contributed by atoms with Crippen molar-refractivity contribution in [1.29, 1.82) is 0 Å². The zero-order valence-electron chi connectivity index (χ0n) is 17.2. The Bertz CT molecular complexity index is 1320. The average Bonchev–Trinajstić information content (AvgIpc) is 3.14. The number of para-hydroxylation sites is 1. The Hall–Kier alpha value is -3.32. The van der Waals surface area contributed by atoms with Crippen LogP contribution in [0.25, 0.3) is 38.5 Å². The summed E-state index contributed by atoms with van der Waals surface area (Å²) >= 11 is 0. The van der Waals surface area contributed by atoms with E-state index >= 15 is 0 Å². The summed E-state index contributed by atoms with van der Waals surface area (Å²) in [6, 6.07) is 35.1. The molecule has 0 unspecified atom stereocenters. The van der Waals surface area contributed by atoms with Gasteiger partial charge in [0.2, 0.25) is 0 Å². The molecule has 1 heterocycles. The maximum atomic E-state index is 2.46. The molecule has 0 radical (unpaired) electrons. The molecule has 0 spiro atoms. The van der Waals surface area contributed by atoms with Gasteiger partial charge in [-0.2, -0.15) is 0 Å². The van der Waals surface area contributed by atoms with Crippen molar-refractivity contribution in [3.05, 3.63) is 103 Å². The second-order valence-corrected chi connectivity index (χ2v) is 8.76. The standard InChI is InChI=1S/C28H25N/c1-28(2,3)27-19-22-14-8-10-16-25(22)29(27)26-18-23(20-11-5-4-6-12-20)17-21-13-7-9-15-24(21)26/h4-19H,1-3H3. The van der Waals surface area contributed by atoms with Gasteiger partial charge in [-0.25, -0.2) is 0 Å². The third kappa shape index (κ3) is 3.03. The van der Waals surface area contributed by atoms with Crippen molar-refractivity contribution in [3.8, 4) is 16.8 Å². The van der Waals surface area contributed by atoms with E-state index in [9.17, 15) is 0 Å². The number of fused-ring (bicyclic) bond motifs is 2. The first-order chi connectivity index (χ1) is 14.0. The summed E-state index contributed by atoms with van der Waals surface area (Å²) in [5, 5.41) is 3.83. The van der Waals surface area contributed by atoms with Crippen LogP contribution in [0.1, 0.15) is 26.5 Å². The Labute approximate surface area is 172 Å². The summed E-state index contributed by atoms with van der Waals surface area (Å²) in [6.45, 7) is 6.88. The highest BCUT2D eigenvalue weighted by Gasteiger charge is 2.23. The molecule has 0 fully saturated rings. The van der Waals surface area contributed by atoms with Gasteiger partial charge in [-0.1, -0.05) is 93.6 Å². The Morgan fingerprint density at radius 2 is 1.24 bits per heavy atom. The van der Waals surface area contributed by atoms with E-state index in [1.807, 2.05) is 0 Å². The monoisotopic (exact) mass is 375 g/mol. The average molecular weight is 376 g/mol. The highest BCUT2D eigenvalue weighted by atomic mass is 15.0. The van der Waals surface area contributed by atoms with Crippen molar-refractivity contribution in [3.63, 3.8) is 0 Å². The third-order valence-corrected chi connectivity index (χ3v) is 5.67. The number of hydrogen-bond acceptors (Lipinski definition) is 0. The number of benzene rings is 4. The molecule has 0 saturated carbocycles. The van der Waals surface area contributed by atoms with Crippen LogP contribution in [0.4, 0.5) is 0 Å². The molecule has 0 aliphatic carbocycles.